The molecule has 7 rings (SSSR count). The van der Waals surface area contributed by atoms with Gasteiger partial charge in [-0.15, -0.1) is 0 Å². The number of likely N-dealkylation sites (tertiary alicyclic amines) is 1. The van der Waals surface area contributed by atoms with E-state index >= 15 is 0 Å². The minimum Gasteiger partial charge on any atom is -0.385 e. The third-order valence-electron chi connectivity index (χ3n) is 7.77. The minimum atomic E-state index is -0.710. The number of fused-ring (bicyclic) bond motifs is 2. The number of halogens is 2. The predicted molar refractivity (Wildman–Crippen MR) is 176 cm³/mol. The van der Waals surface area contributed by atoms with Gasteiger partial charge in [-0.25, -0.2) is 19.3 Å². The van der Waals surface area contributed by atoms with Crippen LogP contribution in [-0.2, 0) is 11.3 Å². The number of nitrogens with two attached hydrogens (primary N) is 2. The maximum absolute atomic E-state index is 14.6. The molecule has 5 aromatic heterocycles. The molecule has 230 valence electrons. The van der Waals surface area contributed by atoms with Gasteiger partial charge in [0.15, 0.2) is 5.69 Å². The van der Waals surface area contributed by atoms with Gasteiger partial charge in [0.25, 0.3) is 11.9 Å². The summed E-state index contributed by atoms with van der Waals surface area (Å²) in [6.07, 6.45) is 8.26. The summed E-state index contributed by atoms with van der Waals surface area (Å²) in [7, 11) is 0. The van der Waals surface area contributed by atoms with Crippen molar-refractivity contribution in [1.29, 1.82) is 0 Å². The smallest absolute Gasteiger partial charge is 0.269 e. The summed E-state index contributed by atoms with van der Waals surface area (Å²) in [6.45, 7) is 0.281. The van der Waals surface area contributed by atoms with E-state index < -0.39 is 17.8 Å². The van der Waals surface area contributed by atoms with Crippen molar-refractivity contribution in [2.24, 2.45) is 16.5 Å². The van der Waals surface area contributed by atoms with Crippen molar-refractivity contribution in [3.63, 3.8) is 0 Å². The van der Waals surface area contributed by atoms with E-state index in [1.54, 1.807) is 47.8 Å². The Labute approximate surface area is 273 Å². The van der Waals surface area contributed by atoms with Gasteiger partial charge in [0.1, 0.15) is 23.8 Å². The molecule has 0 spiro atoms. The molecular weight excluding hydrogens is 706 g/mol. The van der Waals surface area contributed by atoms with Gasteiger partial charge in [0.2, 0.25) is 5.91 Å². The van der Waals surface area contributed by atoms with Crippen LogP contribution in [0.2, 0.25) is 0 Å². The number of carbonyl (C=O) groups is 2. The standard InChI is InChI=1S/C30H24FIN12O2/c31-20-4-6-35-29-25(20)19(12-37-29)21-5-7-36-30(40-21)41-27(33)23-10-17(32)13-43(23)24(45)14-44-22-2-1-15(16-3-8-38-39-11-16)9-18(22)26(42-44)28(34)46/h1-9,11-12,17,23H,10,13-14H2,(H2,34,46)(H,35,37)(H2,33,36,40,41). The largest absolute Gasteiger partial charge is 0.385 e. The minimum absolute atomic E-state index is 0.0559. The number of carbonyl (C=O) groups excluding carboxylic acids is 2. The maximum atomic E-state index is 14.6. The number of aliphatic imine (C=N–C) groups is 1. The van der Waals surface area contributed by atoms with Crippen molar-refractivity contribution in [2.45, 2.75) is 22.9 Å². The van der Waals surface area contributed by atoms with Gasteiger partial charge in [-0.1, -0.05) is 28.7 Å². The molecule has 2 amide bonds. The average Bonchev–Trinajstić information content (AvgIpc) is 3.77. The van der Waals surface area contributed by atoms with Crippen LogP contribution in [0.25, 0.3) is 44.3 Å². The molecule has 0 bridgehead atoms. The topological polar surface area (TPSA) is 200 Å². The number of alkyl halides is 1. The lowest BCUT2D eigenvalue weighted by molar-refractivity contribution is -0.131. The summed E-state index contributed by atoms with van der Waals surface area (Å²) in [6, 6.07) is 9.62. The van der Waals surface area contributed by atoms with Crippen LogP contribution in [-0.4, -0.2) is 79.0 Å². The van der Waals surface area contributed by atoms with Crippen LogP contribution in [0.1, 0.15) is 16.9 Å². The molecule has 2 atom stereocenters. The lowest BCUT2D eigenvalue weighted by Gasteiger charge is -2.24. The third kappa shape index (κ3) is 5.40. The lowest BCUT2D eigenvalue weighted by Crippen LogP contribution is -2.45. The Balaban J connectivity index is 1.16. The zero-order valence-corrected chi connectivity index (χ0v) is 26.0. The summed E-state index contributed by atoms with van der Waals surface area (Å²) in [4.78, 5) is 48.0. The number of H-pyrrole nitrogens is 1. The molecule has 2 unspecified atom stereocenters. The van der Waals surface area contributed by atoms with Gasteiger partial charge in [-0.2, -0.15) is 20.3 Å². The molecule has 1 fully saturated rings. The number of aromatic nitrogens is 8. The first-order valence-electron chi connectivity index (χ1n) is 14.1. The average molecular weight is 731 g/mol. The van der Waals surface area contributed by atoms with Crippen molar-refractivity contribution in [3.05, 3.63) is 78.9 Å². The van der Waals surface area contributed by atoms with Crippen LogP contribution >= 0.6 is 22.6 Å². The van der Waals surface area contributed by atoms with E-state index in [9.17, 15) is 14.0 Å². The Bertz CT molecular complexity index is 2170. The highest BCUT2D eigenvalue weighted by atomic mass is 127. The first kappa shape index (κ1) is 29.3. The fourth-order valence-electron chi connectivity index (χ4n) is 5.64. The fraction of sp³-hybridized carbons (Fsp3) is 0.167. The number of primary amides is 1. The molecule has 5 N–H and O–H groups in total. The Kier molecular flexibility index (Phi) is 7.55. The highest BCUT2D eigenvalue weighted by molar-refractivity contribution is 14.1. The molecule has 14 nitrogen and oxygen atoms in total. The fourth-order valence-corrected chi connectivity index (χ4v) is 6.55. The van der Waals surface area contributed by atoms with E-state index in [1.165, 1.54) is 23.1 Å². The SMILES string of the molecule is NC(=O)c1nn(CC(=O)N2CC(I)CC2C(N)=Nc2nccc(-c3c[nH]c4nccc(F)c34)n2)c2ccc(-c3ccnnc3)cc12. The molecule has 0 radical (unpaired) electrons. The van der Waals surface area contributed by atoms with Crippen LogP contribution in [0, 0.1) is 5.82 Å². The molecule has 46 heavy (non-hydrogen) atoms. The number of rotatable bonds is 7. The van der Waals surface area contributed by atoms with Crippen molar-refractivity contribution in [3.8, 4) is 22.4 Å². The van der Waals surface area contributed by atoms with E-state index in [0.717, 1.165) is 11.1 Å². The number of nitrogens with zero attached hydrogens (tertiary/aromatic N) is 9. The van der Waals surface area contributed by atoms with Gasteiger partial charge in [-0.3, -0.25) is 14.3 Å². The molecule has 6 heterocycles. The summed E-state index contributed by atoms with van der Waals surface area (Å²) >= 11 is 2.28. The first-order valence-corrected chi connectivity index (χ1v) is 15.3. The highest BCUT2D eigenvalue weighted by Crippen LogP contribution is 2.30. The number of amidine groups is 1. The van der Waals surface area contributed by atoms with E-state index in [0.29, 0.717) is 46.2 Å². The van der Waals surface area contributed by atoms with Gasteiger partial charge < -0.3 is 21.4 Å². The Hall–Kier alpha value is -5.39. The molecule has 0 aliphatic carbocycles. The molecule has 1 aliphatic rings. The van der Waals surface area contributed by atoms with Gasteiger partial charge in [0.05, 0.1) is 35.0 Å². The van der Waals surface area contributed by atoms with Crippen molar-refractivity contribution < 1.29 is 14.0 Å². The van der Waals surface area contributed by atoms with E-state index in [1.807, 2.05) is 6.07 Å². The number of benzene rings is 1. The molecule has 16 heteroatoms. The zero-order chi connectivity index (χ0) is 31.9. The normalized spacial score (nSPS) is 16.8. The molecule has 1 aromatic carbocycles. The number of hydrogen-bond donors (Lipinski definition) is 3. The molecule has 0 saturated carbocycles. The monoisotopic (exact) mass is 730 g/mol. The zero-order valence-electron chi connectivity index (χ0n) is 23.9. The van der Waals surface area contributed by atoms with Crippen molar-refractivity contribution >= 4 is 68.1 Å². The second kappa shape index (κ2) is 11.8. The van der Waals surface area contributed by atoms with Gasteiger partial charge in [-0.05, 0) is 42.3 Å². The van der Waals surface area contributed by atoms with Crippen LogP contribution in [0.4, 0.5) is 10.3 Å². The summed E-state index contributed by atoms with van der Waals surface area (Å²) in [5.74, 6) is -1.17. The molecule has 6 aromatic rings. The van der Waals surface area contributed by atoms with Gasteiger partial charge >= 0.3 is 0 Å². The van der Waals surface area contributed by atoms with Crippen molar-refractivity contribution in [1.82, 2.24) is 44.8 Å². The molecular formula is C30H24FIN12O2. The van der Waals surface area contributed by atoms with E-state index in [-0.39, 0.29) is 33.9 Å². The lowest BCUT2D eigenvalue weighted by atomic mass is 10.0. The second-order valence-corrected chi connectivity index (χ2v) is 12.4. The third-order valence-corrected chi connectivity index (χ3v) is 8.67. The van der Waals surface area contributed by atoms with Crippen LogP contribution in [0.3, 0.4) is 0 Å². The van der Waals surface area contributed by atoms with Crippen molar-refractivity contribution in [2.75, 3.05) is 6.54 Å². The number of nitrogens with one attached hydrogen (secondary N) is 1. The Morgan fingerprint density at radius 2 is 1.91 bits per heavy atom. The molecule has 1 aliphatic heterocycles. The summed E-state index contributed by atoms with van der Waals surface area (Å²) in [5.41, 5.74) is 15.7. The number of aromatic amines is 1. The van der Waals surface area contributed by atoms with Crippen LogP contribution in [0.15, 0.2) is 72.4 Å². The number of hydrogen-bond acceptors (Lipinski definition) is 9. The Morgan fingerprint density at radius 3 is 2.72 bits per heavy atom. The van der Waals surface area contributed by atoms with Crippen LogP contribution in [0.5, 0.6) is 0 Å². The van der Waals surface area contributed by atoms with E-state index in [2.05, 4.69) is 62.8 Å². The quantitative estimate of drug-likeness (QED) is 0.0956. The number of amides is 2. The summed E-state index contributed by atoms with van der Waals surface area (Å²) < 4.78 is 16.2. The van der Waals surface area contributed by atoms with Crippen LogP contribution < -0.4 is 11.5 Å². The van der Waals surface area contributed by atoms with E-state index in [4.69, 9.17) is 11.5 Å². The van der Waals surface area contributed by atoms with Gasteiger partial charge in [0, 0.05) is 45.6 Å². The number of pyridine rings is 1. The predicted octanol–water partition coefficient (Wildman–Crippen LogP) is 3.16. The second-order valence-electron chi connectivity index (χ2n) is 10.6. The summed E-state index contributed by atoms with van der Waals surface area (Å²) in [5, 5.41) is 12.9. The highest BCUT2D eigenvalue weighted by Gasteiger charge is 2.37. The molecule has 1 saturated heterocycles. The first-order chi connectivity index (χ1) is 22.3. The maximum Gasteiger partial charge on any atom is 0.269 e. The Morgan fingerprint density at radius 1 is 1.07 bits per heavy atom.